The molecule has 0 aromatic heterocycles. The number of hydrogen-bond acceptors (Lipinski definition) is 5. The van der Waals surface area contributed by atoms with Crippen LogP contribution in [0.3, 0.4) is 0 Å². The minimum absolute atomic E-state index is 0.192. The molecule has 0 aromatic carbocycles. The maximum Gasteiger partial charge on any atom is 0.268 e. The zero-order chi connectivity index (χ0) is 12.7. The molecule has 0 saturated carbocycles. The Morgan fingerprint density at radius 2 is 2.06 bits per heavy atom. The van der Waals surface area contributed by atoms with Crippen molar-refractivity contribution >= 4 is 17.5 Å². The summed E-state index contributed by atoms with van der Waals surface area (Å²) in [6, 6.07) is 0. The van der Waals surface area contributed by atoms with E-state index in [1.807, 2.05) is 0 Å². The normalized spacial score (nSPS) is 15.3. The highest BCUT2D eigenvalue weighted by Crippen LogP contribution is 2.45. The first-order valence-electron chi connectivity index (χ1n) is 4.83. The standard InChI is InChI=1S/C9H17O5PS/c1-4-7-14-16(11,12)9-6-8-15(10,5-2)13-3/h1H,5-9H2,2-3H3. The summed E-state index contributed by atoms with van der Waals surface area (Å²) in [6.45, 7) is 1.48. The van der Waals surface area contributed by atoms with Crippen molar-refractivity contribution in [1.29, 1.82) is 0 Å². The topological polar surface area (TPSA) is 69.7 Å². The molecule has 94 valence electrons. The molecule has 0 fully saturated rings. The first-order valence-corrected chi connectivity index (χ1v) is 8.41. The molecule has 0 aliphatic heterocycles. The number of terminal acetylenes is 1. The second-order valence-electron chi connectivity index (χ2n) is 3.12. The molecule has 0 bridgehead atoms. The monoisotopic (exact) mass is 268 g/mol. The minimum Gasteiger partial charge on any atom is -0.332 e. The first-order chi connectivity index (χ1) is 7.39. The van der Waals surface area contributed by atoms with Crippen LogP contribution >= 0.6 is 7.37 Å². The third-order valence-corrected chi connectivity index (χ3v) is 5.92. The predicted molar refractivity (Wildman–Crippen MR) is 63.2 cm³/mol. The van der Waals surface area contributed by atoms with Crippen molar-refractivity contribution in [3.05, 3.63) is 0 Å². The van der Waals surface area contributed by atoms with Gasteiger partial charge in [-0.1, -0.05) is 12.8 Å². The van der Waals surface area contributed by atoms with Gasteiger partial charge in [-0.3, -0.25) is 8.75 Å². The van der Waals surface area contributed by atoms with E-state index >= 15 is 0 Å². The van der Waals surface area contributed by atoms with Crippen molar-refractivity contribution in [2.24, 2.45) is 0 Å². The Labute approximate surface area is 97.1 Å². The smallest absolute Gasteiger partial charge is 0.268 e. The van der Waals surface area contributed by atoms with Crippen LogP contribution in [0.15, 0.2) is 0 Å². The van der Waals surface area contributed by atoms with Crippen LogP contribution in [-0.2, 0) is 23.4 Å². The Bertz CT molecular complexity index is 373. The zero-order valence-electron chi connectivity index (χ0n) is 9.51. The van der Waals surface area contributed by atoms with Crippen LogP contribution in [0.1, 0.15) is 13.3 Å². The Hall–Kier alpha value is -0.340. The van der Waals surface area contributed by atoms with Gasteiger partial charge in [0.25, 0.3) is 10.1 Å². The lowest BCUT2D eigenvalue weighted by Crippen LogP contribution is -2.12. The SMILES string of the molecule is C#CCOS(=O)(=O)CCCP(=O)(CC)OC. The summed E-state index contributed by atoms with van der Waals surface area (Å²) in [4.78, 5) is 0. The maximum absolute atomic E-state index is 11.8. The summed E-state index contributed by atoms with van der Waals surface area (Å²) in [5.41, 5.74) is 0. The van der Waals surface area contributed by atoms with Crippen molar-refractivity contribution < 1.29 is 21.7 Å². The lowest BCUT2D eigenvalue weighted by molar-refractivity contribution is 0.362. The molecule has 7 heteroatoms. The second kappa shape index (κ2) is 7.08. The molecular weight excluding hydrogens is 251 g/mol. The van der Waals surface area contributed by atoms with Crippen LogP contribution in [0.2, 0.25) is 0 Å². The van der Waals surface area contributed by atoms with E-state index in [-0.39, 0.29) is 24.9 Å². The van der Waals surface area contributed by atoms with E-state index in [1.165, 1.54) is 7.11 Å². The quantitative estimate of drug-likeness (QED) is 0.377. The van der Waals surface area contributed by atoms with Crippen LogP contribution < -0.4 is 0 Å². The Kier molecular flexibility index (Phi) is 6.93. The molecule has 0 rings (SSSR count). The lowest BCUT2D eigenvalue weighted by Gasteiger charge is -2.13. The molecule has 5 nitrogen and oxygen atoms in total. The van der Waals surface area contributed by atoms with Crippen LogP contribution in [0.5, 0.6) is 0 Å². The van der Waals surface area contributed by atoms with Gasteiger partial charge in [0.2, 0.25) is 7.37 Å². The molecule has 0 radical (unpaired) electrons. The largest absolute Gasteiger partial charge is 0.332 e. The van der Waals surface area contributed by atoms with Crippen molar-refractivity contribution in [1.82, 2.24) is 0 Å². The number of rotatable bonds is 8. The molecule has 0 heterocycles. The first kappa shape index (κ1) is 15.7. The van der Waals surface area contributed by atoms with Gasteiger partial charge in [-0.15, -0.1) is 6.42 Å². The summed E-state index contributed by atoms with van der Waals surface area (Å²) in [5, 5.41) is 0. The van der Waals surface area contributed by atoms with Crippen LogP contribution in [-0.4, -0.2) is 40.2 Å². The van der Waals surface area contributed by atoms with Gasteiger partial charge in [0.1, 0.15) is 6.61 Å². The van der Waals surface area contributed by atoms with Crippen molar-refractivity contribution in [2.75, 3.05) is 31.8 Å². The molecule has 0 N–H and O–H groups in total. The third-order valence-electron chi connectivity index (χ3n) is 2.03. The molecule has 0 saturated heterocycles. The fourth-order valence-corrected chi connectivity index (χ4v) is 3.52. The van der Waals surface area contributed by atoms with Crippen LogP contribution in [0.4, 0.5) is 0 Å². The molecule has 0 spiro atoms. The molecule has 0 aliphatic rings. The Balaban J connectivity index is 4.08. The maximum atomic E-state index is 11.8. The van der Waals surface area contributed by atoms with E-state index in [0.29, 0.717) is 6.16 Å². The molecule has 1 atom stereocenters. The van der Waals surface area contributed by atoms with Gasteiger partial charge in [0, 0.05) is 19.4 Å². The Morgan fingerprint density at radius 3 is 2.50 bits per heavy atom. The predicted octanol–water partition coefficient (Wildman–Crippen LogP) is 1.30. The van der Waals surface area contributed by atoms with E-state index in [9.17, 15) is 13.0 Å². The summed E-state index contributed by atoms with van der Waals surface area (Å²) < 4.78 is 43.5. The molecule has 0 aliphatic carbocycles. The second-order valence-corrected chi connectivity index (χ2v) is 7.95. The summed E-state index contributed by atoms with van der Waals surface area (Å²) in [5.74, 6) is 1.88. The van der Waals surface area contributed by atoms with E-state index in [1.54, 1.807) is 6.92 Å². The van der Waals surface area contributed by atoms with Gasteiger partial charge in [-0.25, -0.2) is 0 Å². The highest BCUT2D eigenvalue weighted by molar-refractivity contribution is 7.86. The van der Waals surface area contributed by atoms with Gasteiger partial charge in [0.15, 0.2) is 0 Å². The van der Waals surface area contributed by atoms with E-state index in [0.717, 1.165) is 0 Å². The summed E-state index contributed by atoms with van der Waals surface area (Å²) >= 11 is 0. The third kappa shape index (κ3) is 6.29. The molecular formula is C9H17O5PS. The van der Waals surface area contributed by atoms with Gasteiger partial charge in [-0.05, 0) is 6.42 Å². The average Bonchev–Trinajstić information content (AvgIpc) is 2.26. The fourth-order valence-electron chi connectivity index (χ4n) is 1.04. The minimum atomic E-state index is -3.60. The molecule has 1 unspecified atom stereocenters. The van der Waals surface area contributed by atoms with E-state index in [4.69, 9.17) is 10.9 Å². The average molecular weight is 268 g/mol. The van der Waals surface area contributed by atoms with Gasteiger partial charge in [0.05, 0.1) is 5.75 Å². The van der Waals surface area contributed by atoms with Gasteiger partial charge < -0.3 is 4.52 Å². The van der Waals surface area contributed by atoms with E-state index < -0.39 is 17.5 Å². The molecule has 0 amide bonds. The highest BCUT2D eigenvalue weighted by atomic mass is 32.2. The van der Waals surface area contributed by atoms with Crippen molar-refractivity contribution in [3.63, 3.8) is 0 Å². The van der Waals surface area contributed by atoms with E-state index in [2.05, 4.69) is 10.1 Å². The summed E-state index contributed by atoms with van der Waals surface area (Å²) in [6.07, 6.45) is 5.75. The van der Waals surface area contributed by atoms with Crippen LogP contribution in [0, 0.1) is 12.3 Å². The molecule has 0 aromatic rings. The lowest BCUT2D eigenvalue weighted by atomic mass is 10.6. The fraction of sp³-hybridized carbons (Fsp3) is 0.778. The van der Waals surface area contributed by atoms with Gasteiger partial charge >= 0.3 is 0 Å². The highest BCUT2D eigenvalue weighted by Gasteiger charge is 2.20. The zero-order valence-corrected chi connectivity index (χ0v) is 11.2. The summed E-state index contributed by atoms with van der Waals surface area (Å²) in [7, 11) is -4.89. The van der Waals surface area contributed by atoms with Crippen LogP contribution in [0.25, 0.3) is 0 Å². The van der Waals surface area contributed by atoms with Gasteiger partial charge in [-0.2, -0.15) is 8.42 Å². The Morgan fingerprint density at radius 1 is 1.44 bits per heavy atom. The number of hydrogen-bond donors (Lipinski definition) is 0. The van der Waals surface area contributed by atoms with Crippen molar-refractivity contribution in [3.8, 4) is 12.3 Å². The molecule has 16 heavy (non-hydrogen) atoms. The van der Waals surface area contributed by atoms with Crippen molar-refractivity contribution in [2.45, 2.75) is 13.3 Å².